The Labute approximate surface area is 160 Å². The number of hydrogen-bond donors (Lipinski definition) is 0. The van der Waals surface area contributed by atoms with Gasteiger partial charge in [-0.3, -0.25) is 14.7 Å². The second-order valence-corrected chi connectivity index (χ2v) is 7.21. The standard InChI is InChI=1S/C21H27FN4O/c1-16-15-17(9-10-23-16)25-11-6-12-26(14-13-25)21(27)20(24(2)3)18-7-4-5-8-19(18)22/h4-5,7-10,15,20H,6,11-14H2,1-3H3/t20-/m1/s1. The molecule has 0 unspecified atom stereocenters. The van der Waals surface area contributed by atoms with Crippen LogP contribution in [0.2, 0.25) is 0 Å². The monoisotopic (exact) mass is 370 g/mol. The molecule has 1 fully saturated rings. The number of halogens is 1. The second kappa shape index (κ2) is 8.48. The third-order valence-electron chi connectivity index (χ3n) is 5.00. The lowest BCUT2D eigenvalue weighted by Crippen LogP contribution is -2.42. The summed E-state index contributed by atoms with van der Waals surface area (Å²) in [6.07, 6.45) is 2.70. The quantitative estimate of drug-likeness (QED) is 0.830. The number of rotatable bonds is 4. The molecule has 3 rings (SSSR count). The highest BCUT2D eigenvalue weighted by Crippen LogP contribution is 2.25. The van der Waals surface area contributed by atoms with Gasteiger partial charge in [0.25, 0.3) is 0 Å². The Bertz CT molecular complexity index is 795. The molecule has 1 aliphatic heterocycles. The first-order valence-electron chi connectivity index (χ1n) is 9.34. The topological polar surface area (TPSA) is 39.7 Å². The van der Waals surface area contributed by atoms with E-state index in [4.69, 9.17) is 0 Å². The Morgan fingerprint density at radius 3 is 2.63 bits per heavy atom. The summed E-state index contributed by atoms with van der Waals surface area (Å²) in [5.74, 6) is -0.383. The van der Waals surface area contributed by atoms with Crippen LogP contribution in [0.3, 0.4) is 0 Å². The van der Waals surface area contributed by atoms with Crippen LogP contribution in [0.1, 0.15) is 23.7 Å². The summed E-state index contributed by atoms with van der Waals surface area (Å²) >= 11 is 0. The molecule has 1 aromatic carbocycles. The van der Waals surface area contributed by atoms with E-state index in [1.165, 1.54) is 6.07 Å². The minimum Gasteiger partial charge on any atom is -0.370 e. The summed E-state index contributed by atoms with van der Waals surface area (Å²) in [5, 5.41) is 0. The lowest BCUT2D eigenvalue weighted by atomic mass is 10.0. The first kappa shape index (κ1) is 19.3. The number of carbonyl (C=O) groups excluding carboxylic acids is 1. The van der Waals surface area contributed by atoms with Gasteiger partial charge in [-0.2, -0.15) is 0 Å². The number of aryl methyl sites for hydroxylation is 1. The molecule has 1 aromatic heterocycles. The molecule has 0 bridgehead atoms. The van der Waals surface area contributed by atoms with Gasteiger partial charge in [-0.05, 0) is 45.6 Å². The zero-order valence-electron chi connectivity index (χ0n) is 16.2. The van der Waals surface area contributed by atoms with E-state index in [0.717, 1.165) is 30.9 Å². The van der Waals surface area contributed by atoms with Crippen LogP contribution in [0.4, 0.5) is 10.1 Å². The average molecular weight is 370 g/mol. The van der Waals surface area contributed by atoms with E-state index >= 15 is 0 Å². The number of amides is 1. The van der Waals surface area contributed by atoms with Gasteiger partial charge in [-0.1, -0.05) is 18.2 Å². The van der Waals surface area contributed by atoms with Crippen molar-refractivity contribution in [1.82, 2.24) is 14.8 Å². The number of hydrogen-bond acceptors (Lipinski definition) is 4. The van der Waals surface area contributed by atoms with Crippen molar-refractivity contribution in [3.05, 3.63) is 59.7 Å². The normalized spacial score (nSPS) is 16.3. The van der Waals surface area contributed by atoms with E-state index < -0.39 is 6.04 Å². The molecule has 144 valence electrons. The number of aromatic nitrogens is 1. The fourth-order valence-corrected chi connectivity index (χ4v) is 3.63. The van der Waals surface area contributed by atoms with Crippen molar-refractivity contribution in [3.8, 4) is 0 Å². The maximum absolute atomic E-state index is 14.3. The SMILES string of the molecule is Cc1cc(N2CCCN(C(=O)[C@@H](c3ccccc3F)N(C)C)CC2)ccn1. The summed E-state index contributed by atoms with van der Waals surface area (Å²) in [6.45, 7) is 4.93. The Kier molecular flexibility index (Phi) is 6.06. The highest BCUT2D eigenvalue weighted by atomic mass is 19.1. The molecule has 1 saturated heterocycles. The molecular formula is C21H27FN4O. The van der Waals surface area contributed by atoms with Gasteiger partial charge in [0.2, 0.25) is 5.91 Å². The van der Waals surface area contributed by atoms with Crippen molar-refractivity contribution in [2.24, 2.45) is 0 Å². The first-order chi connectivity index (χ1) is 13.0. The van der Waals surface area contributed by atoms with Crippen LogP contribution in [0.5, 0.6) is 0 Å². The summed E-state index contributed by atoms with van der Waals surface area (Å²) in [5.41, 5.74) is 2.55. The molecule has 5 nitrogen and oxygen atoms in total. The molecule has 2 aromatic rings. The van der Waals surface area contributed by atoms with Gasteiger partial charge in [0.1, 0.15) is 11.9 Å². The minimum atomic E-state index is -0.610. The van der Waals surface area contributed by atoms with Crippen molar-refractivity contribution in [2.45, 2.75) is 19.4 Å². The number of benzene rings is 1. The van der Waals surface area contributed by atoms with Crippen molar-refractivity contribution in [1.29, 1.82) is 0 Å². The fraction of sp³-hybridized carbons (Fsp3) is 0.429. The smallest absolute Gasteiger partial charge is 0.244 e. The molecule has 1 amide bonds. The number of nitrogens with zero attached hydrogens (tertiary/aromatic N) is 4. The lowest BCUT2D eigenvalue weighted by molar-refractivity contribution is -0.136. The Morgan fingerprint density at radius 1 is 1.15 bits per heavy atom. The molecule has 0 radical (unpaired) electrons. The maximum Gasteiger partial charge on any atom is 0.244 e. The molecule has 0 aliphatic carbocycles. The van der Waals surface area contributed by atoms with Crippen molar-refractivity contribution >= 4 is 11.6 Å². The van der Waals surface area contributed by atoms with Crippen molar-refractivity contribution < 1.29 is 9.18 Å². The third kappa shape index (κ3) is 4.45. The average Bonchev–Trinajstić information content (AvgIpc) is 2.89. The van der Waals surface area contributed by atoms with Gasteiger partial charge < -0.3 is 9.80 Å². The van der Waals surface area contributed by atoms with E-state index in [-0.39, 0.29) is 11.7 Å². The van der Waals surface area contributed by atoms with Gasteiger partial charge in [-0.15, -0.1) is 0 Å². The van der Waals surface area contributed by atoms with Crippen molar-refractivity contribution in [3.63, 3.8) is 0 Å². The largest absolute Gasteiger partial charge is 0.370 e. The highest BCUT2D eigenvalue weighted by molar-refractivity contribution is 5.83. The Hall–Kier alpha value is -2.47. The van der Waals surface area contributed by atoms with Crippen LogP contribution >= 0.6 is 0 Å². The maximum atomic E-state index is 14.3. The van der Waals surface area contributed by atoms with Gasteiger partial charge in [0.05, 0.1) is 0 Å². The summed E-state index contributed by atoms with van der Waals surface area (Å²) < 4.78 is 14.3. The Morgan fingerprint density at radius 2 is 1.93 bits per heavy atom. The summed E-state index contributed by atoms with van der Waals surface area (Å²) in [7, 11) is 3.64. The number of anilines is 1. The molecule has 1 atom stereocenters. The molecule has 2 heterocycles. The van der Waals surface area contributed by atoms with E-state index in [2.05, 4.69) is 16.0 Å². The van der Waals surface area contributed by atoms with Crippen LogP contribution in [-0.2, 0) is 4.79 Å². The van der Waals surface area contributed by atoms with Crippen LogP contribution < -0.4 is 4.90 Å². The molecule has 0 N–H and O–H groups in total. The van der Waals surface area contributed by atoms with Gasteiger partial charge in [-0.25, -0.2) is 4.39 Å². The molecule has 0 spiro atoms. The zero-order valence-corrected chi connectivity index (χ0v) is 16.2. The first-order valence-corrected chi connectivity index (χ1v) is 9.34. The van der Waals surface area contributed by atoms with Gasteiger partial charge in [0, 0.05) is 49.3 Å². The summed E-state index contributed by atoms with van der Waals surface area (Å²) in [4.78, 5) is 23.4. The zero-order chi connectivity index (χ0) is 19.4. The van der Waals surface area contributed by atoms with Crippen LogP contribution in [0.25, 0.3) is 0 Å². The van der Waals surface area contributed by atoms with Crippen LogP contribution in [0, 0.1) is 12.7 Å². The van der Waals surface area contributed by atoms with E-state index in [1.807, 2.05) is 38.2 Å². The summed E-state index contributed by atoms with van der Waals surface area (Å²) in [6, 6.07) is 10.00. The number of likely N-dealkylation sites (N-methyl/N-ethyl adjacent to an activating group) is 1. The highest BCUT2D eigenvalue weighted by Gasteiger charge is 2.30. The molecule has 27 heavy (non-hydrogen) atoms. The number of carbonyl (C=O) groups is 1. The van der Waals surface area contributed by atoms with Crippen LogP contribution in [-0.4, -0.2) is 61.0 Å². The predicted molar refractivity (Wildman–Crippen MR) is 105 cm³/mol. The van der Waals surface area contributed by atoms with Gasteiger partial charge in [0.15, 0.2) is 0 Å². The molecule has 1 aliphatic rings. The Balaban J connectivity index is 1.75. The third-order valence-corrected chi connectivity index (χ3v) is 5.00. The molecule has 0 saturated carbocycles. The van der Waals surface area contributed by atoms with E-state index in [9.17, 15) is 9.18 Å². The molecular weight excluding hydrogens is 343 g/mol. The van der Waals surface area contributed by atoms with E-state index in [0.29, 0.717) is 18.7 Å². The van der Waals surface area contributed by atoms with E-state index in [1.54, 1.807) is 23.1 Å². The minimum absolute atomic E-state index is 0.0436. The van der Waals surface area contributed by atoms with Crippen molar-refractivity contribution in [2.75, 3.05) is 45.2 Å². The second-order valence-electron chi connectivity index (χ2n) is 7.21. The van der Waals surface area contributed by atoms with Gasteiger partial charge >= 0.3 is 0 Å². The predicted octanol–water partition coefficient (Wildman–Crippen LogP) is 2.87. The van der Waals surface area contributed by atoms with Crippen LogP contribution in [0.15, 0.2) is 42.6 Å². The fourth-order valence-electron chi connectivity index (χ4n) is 3.63. The number of pyridine rings is 1. The molecule has 6 heteroatoms. The lowest BCUT2D eigenvalue weighted by Gasteiger charge is -2.30.